The number of non-ortho nitro benzene ring substituents is 1. The third kappa shape index (κ3) is 5.44. The summed E-state index contributed by atoms with van der Waals surface area (Å²) in [6.07, 6.45) is 1.78. The highest BCUT2D eigenvalue weighted by Gasteiger charge is 2.30. The average Bonchev–Trinajstić information content (AvgIpc) is 3.01. The van der Waals surface area contributed by atoms with Gasteiger partial charge in [-0.05, 0) is 55.3 Å². The normalized spacial score (nSPS) is 14.9. The third-order valence-corrected chi connectivity index (χ3v) is 6.45. The Morgan fingerprint density at radius 3 is 2.45 bits per heavy atom. The standard InChI is InChI=1S/C21H19BrN2O5S2/c1-3-23-20(25)19(31-21(23)30)10-14-9-17(28-4-2)18(11-16(14)22)29-12-13-5-7-15(8-6-13)24(26)27/h5-11H,3-4,12H2,1-2H3/b19-10-. The highest BCUT2D eigenvalue weighted by atomic mass is 79.9. The minimum Gasteiger partial charge on any atom is -0.490 e. The van der Waals surface area contributed by atoms with Crippen molar-refractivity contribution in [1.82, 2.24) is 4.90 Å². The van der Waals surface area contributed by atoms with Crippen LogP contribution in [-0.2, 0) is 11.4 Å². The van der Waals surface area contributed by atoms with Crippen molar-refractivity contribution in [2.75, 3.05) is 13.2 Å². The van der Waals surface area contributed by atoms with Crippen LogP contribution in [0.5, 0.6) is 11.5 Å². The highest BCUT2D eigenvalue weighted by molar-refractivity contribution is 9.10. The summed E-state index contributed by atoms with van der Waals surface area (Å²) < 4.78 is 12.9. The van der Waals surface area contributed by atoms with Gasteiger partial charge < -0.3 is 9.47 Å². The maximum Gasteiger partial charge on any atom is 0.269 e. The number of nitro groups is 1. The Morgan fingerprint density at radius 1 is 1.19 bits per heavy atom. The van der Waals surface area contributed by atoms with E-state index >= 15 is 0 Å². The largest absolute Gasteiger partial charge is 0.490 e. The number of amides is 1. The van der Waals surface area contributed by atoms with Crippen molar-refractivity contribution >= 4 is 61.9 Å². The number of hydrogen-bond donors (Lipinski definition) is 0. The lowest BCUT2D eigenvalue weighted by Crippen LogP contribution is -2.27. The smallest absolute Gasteiger partial charge is 0.269 e. The highest BCUT2D eigenvalue weighted by Crippen LogP contribution is 2.38. The quantitative estimate of drug-likeness (QED) is 0.194. The van der Waals surface area contributed by atoms with Crippen molar-refractivity contribution in [2.45, 2.75) is 20.5 Å². The van der Waals surface area contributed by atoms with E-state index in [1.807, 2.05) is 13.8 Å². The van der Waals surface area contributed by atoms with Crippen LogP contribution in [-0.4, -0.2) is 33.2 Å². The summed E-state index contributed by atoms with van der Waals surface area (Å²) in [5.41, 5.74) is 1.58. The number of carbonyl (C=O) groups excluding carboxylic acids is 1. The molecule has 1 fully saturated rings. The van der Waals surface area contributed by atoms with Crippen LogP contribution >= 0.6 is 39.9 Å². The predicted molar refractivity (Wildman–Crippen MR) is 128 cm³/mol. The Bertz CT molecular complexity index is 1060. The zero-order valence-corrected chi connectivity index (χ0v) is 20.0. The van der Waals surface area contributed by atoms with Gasteiger partial charge in [0.05, 0.1) is 16.4 Å². The van der Waals surface area contributed by atoms with Gasteiger partial charge in [0.2, 0.25) is 0 Å². The fraction of sp³-hybridized carbons (Fsp3) is 0.238. The molecule has 7 nitrogen and oxygen atoms in total. The molecule has 0 aliphatic carbocycles. The fourth-order valence-electron chi connectivity index (χ4n) is 2.83. The lowest BCUT2D eigenvalue weighted by Gasteiger charge is -2.14. The Labute approximate surface area is 197 Å². The number of hydrogen-bond acceptors (Lipinski definition) is 7. The molecule has 2 aromatic rings. The van der Waals surface area contributed by atoms with Gasteiger partial charge in [-0.3, -0.25) is 19.8 Å². The van der Waals surface area contributed by atoms with E-state index in [-0.39, 0.29) is 18.2 Å². The molecule has 10 heteroatoms. The zero-order chi connectivity index (χ0) is 22.5. The first-order valence-electron chi connectivity index (χ1n) is 9.41. The van der Waals surface area contributed by atoms with Gasteiger partial charge in [-0.2, -0.15) is 0 Å². The Kier molecular flexibility index (Phi) is 7.69. The van der Waals surface area contributed by atoms with Crippen LogP contribution in [0.2, 0.25) is 0 Å². The Balaban J connectivity index is 1.83. The van der Waals surface area contributed by atoms with E-state index in [0.717, 1.165) is 15.6 Å². The molecule has 0 bridgehead atoms. The van der Waals surface area contributed by atoms with Crippen LogP contribution in [0.25, 0.3) is 6.08 Å². The number of carbonyl (C=O) groups is 1. The van der Waals surface area contributed by atoms with E-state index in [2.05, 4.69) is 15.9 Å². The second kappa shape index (κ2) is 10.3. The van der Waals surface area contributed by atoms with Gasteiger partial charge in [-0.25, -0.2) is 0 Å². The maximum atomic E-state index is 12.5. The SMILES string of the molecule is CCOc1cc(/C=C2\SC(=S)N(CC)C2=O)c(Br)cc1OCc1ccc([N+](=O)[O-])cc1. The van der Waals surface area contributed by atoms with Gasteiger partial charge >= 0.3 is 0 Å². The summed E-state index contributed by atoms with van der Waals surface area (Å²) in [6.45, 7) is 4.94. The van der Waals surface area contributed by atoms with E-state index in [1.54, 1.807) is 35.2 Å². The number of halogens is 1. The summed E-state index contributed by atoms with van der Waals surface area (Å²) in [5.74, 6) is 0.941. The van der Waals surface area contributed by atoms with Gasteiger partial charge in [0.1, 0.15) is 10.9 Å². The van der Waals surface area contributed by atoms with Crippen molar-refractivity contribution in [1.29, 1.82) is 0 Å². The van der Waals surface area contributed by atoms with E-state index in [1.165, 1.54) is 23.9 Å². The second-order valence-corrected chi connectivity index (χ2v) is 8.92. The van der Waals surface area contributed by atoms with Gasteiger partial charge in [-0.15, -0.1) is 0 Å². The van der Waals surface area contributed by atoms with Crippen LogP contribution in [0.4, 0.5) is 5.69 Å². The molecule has 0 N–H and O–H groups in total. The molecular weight excluding hydrogens is 504 g/mol. The molecule has 1 aliphatic rings. The Morgan fingerprint density at radius 2 is 1.87 bits per heavy atom. The summed E-state index contributed by atoms with van der Waals surface area (Å²) in [6, 6.07) is 9.76. The summed E-state index contributed by atoms with van der Waals surface area (Å²) in [4.78, 5) is 25.0. The molecule has 0 unspecified atom stereocenters. The number of ether oxygens (including phenoxy) is 2. The molecule has 1 amide bonds. The lowest BCUT2D eigenvalue weighted by atomic mass is 10.1. The van der Waals surface area contributed by atoms with E-state index in [4.69, 9.17) is 21.7 Å². The third-order valence-electron chi connectivity index (χ3n) is 4.38. The number of nitrogens with zero attached hydrogens (tertiary/aromatic N) is 2. The van der Waals surface area contributed by atoms with Crippen LogP contribution in [0.1, 0.15) is 25.0 Å². The Hall–Kier alpha value is -2.43. The first-order chi connectivity index (χ1) is 14.8. The van der Waals surface area contributed by atoms with Crippen LogP contribution < -0.4 is 9.47 Å². The first kappa shape index (κ1) is 23.2. The summed E-state index contributed by atoms with van der Waals surface area (Å²) in [7, 11) is 0. The van der Waals surface area contributed by atoms with Crippen molar-refractivity contribution in [2.24, 2.45) is 0 Å². The van der Waals surface area contributed by atoms with Crippen molar-refractivity contribution in [3.05, 3.63) is 67.0 Å². The molecule has 162 valence electrons. The van der Waals surface area contributed by atoms with Crippen LogP contribution in [0.3, 0.4) is 0 Å². The summed E-state index contributed by atoms with van der Waals surface area (Å²) >= 11 is 10.1. The van der Waals surface area contributed by atoms with Crippen molar-refractivity contribution in [3.63, 3.8) is 0 Å². The van der Waals surface area contributed by atoms with Crippen molar-refractivity contribution < 1.29 is 19.2 Å². The monoisotopic (exact) mass is 522 g/mol. The molecule has 1 heterocycles. The second-order valence-electron chi connectivity index (χ2n) is 6.39. The van der Waals surface area contributed by atoms with E-state index < -0.39 is 4.92 Å². The first-order valence-corrected chi connectivity index (χ1v) is 11.4. The molecule has 31 heavy (non-hydrogen) atoms. The van der Waals surface area contributed by atoms with E-state index in [0.29, 0.717) is 33.9 Å². The number of nitro benzene ring substituents is 1. The average molecular weight is 523 g/mol. The van der Waals surface area contributed by atoms with Crippen LogP contribution in [0, 0.1) is 10.1 Å². The molecule has 1 aliphatic heterocycles. The zero-order valence-electron chi connectivity index (χ0n) is 16.8. The van der Waals surface area contributed by atoms with Gasteiger partial charge in [0.25, 0.3) is 11.6 Å². The molecule has 0 spiro atoms. The van der Waals surface area contributed by atoms with Gasteiger partial charge in [-0.1, -0.05) is 39.9 Å². The molecule has 3 rings (SSSR count). The molecule has 2 aromatic carbocycles. The lowest BCUT2D eigenvalue weighted by molar-refractivity contribution is -0.384. The van der Waals surface area contributed by atoms with Crippen LogP contribution in [0.15, 0.2) is 45.8 Å². The number of thiocarbonyl (C=S) groups is 1. The maximum absolute atomic E-state index is 12.5. The van der Waals surface area contributed by atoms with E-state index in [9.17, 15) is 14.9 Å². The molecule has 0 radical (unpaired) electrons. The molecule has 0 saturated carbocycles. The molecule has 0 atom stereocenters. The minimum atomic E-state index is -0.442. The number of benzene rings is 2. The molecular formula is C21H19BrN2O5S2. The minimum absolute atomic E-state index is 0.0272. The number of rotatable bonds is 8. The van der Waals surface area contributed by atoms with Gasteiger partial charge in [0, 0.05) is 23.2 Å². The number of likely N-dealkylation sites (N-methyl/N-ethyl adjacent to an activating group) is 1. The predicted octanol–water partition coefficient (Wildman–Crippen LogP) is 5.56. The number of thioether (sulfide) groups is 1. The topological polar surface area (TPSA) is 81.9 Å². The van der Waals surface area contributed by atoms with Gasteiger partial charge in [0.15, 0.2) is 11.5 Å². The van der Waals surface area contributed by atoms with Crippen molar-refractivity contribution in [3.8, 4) is 11.5 Å². The summed E-state index contributed by atoms with van der Waals surface area (Å²) in [5, 5.41) is 10.8. The molecule has 0 aromatic heterocycles. The fourth-order valence-corrected chi connectivity index (χ4v) is 4.64. The molecule has 1 saturated heterocycles.